The summed E-state index contributed by atoms with van der Waals surface area (Å²) in [5, 5.41) is 13.0. The Morgan fingerprint density at radius 1 is 1.00 bits per heavy atom. The van der Waals surface area contributed by atoms with E-state index in [1.807, 2.05) is 0 Å². The lowest BCUT2D eigenvalue weighted by Crippen LogP contribution is -2.46. The van der Waals surface area contributed by atoms with Crippen molar-refractivity contribution in [2.24, 2.45) is 5.41 Å². The molecule has 0 heterocycles. The highest BCUT2D eigenvalue weighted by molar-refractivity contribution is 7.49. The summed E-state index contributed by atoms with van der Waals surface area (Å²) in [5.74, 6) is -0.610. The van der Waals surface area contributed by atoms with Gasteiger partial charge in [0.05, 0.1) is 19.6 Å². The summed E-state index contributed by atoms with van der Waals surface area (Å²) in [6.45, 7) is 4.76. The van der Waals surface area contributed by atoms with Gasteiger partial charge in [-0.1, -0.05) is 50.2 Å². The first-order valence-electron chi connectivity index (χ1n) is 10.5. The van der Waals surface area contributed by atoms with Gasteiger partial charge in [-0.3, -0.25) is 14.1 Å². The molecule has 33 heavy (non-hydrogen) atoms. The number of phosphoric acid groups is 1. The molecule has 0 saturated carbocycles. The van der Waals surface area contributed by atoms with Crippen LogP contribution in [0.15, 0.2) is 60.7 Å². The van der Waals surface area contributed by atoms with Gasteiger partial charge in [-0.05, 0) is 31.2 Å². The quantitative estimate of drug-likeness (QED) is 0.329. The Kier molecular flexibility index (Phi) is 9.91. The smallest absolute Gasteiger partial charge is 0.466 e. The number of benzene rings is 2. The third-order valence-electron chi connectivity index (χ3n) is 4.44. The molecule has 0 bridgehead atoms. The number of aliphatic hydroxyl groups is 1. The van der Waals surface area contributed by atoms with Crippen LogP contribution < -0.4 is 14.4 Å². The third kappa shape index (κ3) is 8.88. The summed E-state index contributed by atoms with van der Waals surface area (Å²) < 4.78 is 34.8. The predicted octanol–water partition coefficient (Wildman–Crippen LogP) is 3.73. The van der Waals surface area contributed by atoms with Gasteiger partial charge in [-0.25, -0.2) is 4.57 Å². The number of hydrogen-bond acceptors (Lipinski definition) is 8. The van der Waals surface area contributed by atoms with Crippen molar-refractivity contribution in [2.75, 3.05) is 19.8 Å². The lowest BCUT2D eigenvalue weighted by Gasteiger charge is -2.30. The summed E-state index contributed by atoms with van der Waals surface area (Å²) in [4.78, 5) is 23.7. The van der Waals surface area contributed by atoms with Crippen molar-refractivity contribution in [3.05, 3.63) is 60.7 Å². The zero-order valence-corrected chi connectivity index (χ0v) is 19.8. The molecule has 180 valence electrons. The number of aliphatic hydroxyl groups excluding tert-OH is 1. The van der Waals surface area contributed by atoms with Gasteiger partial charge >= 0.3 is 13.8 Å². The Hall–Kier alpha value is -2.87. The van der Waals surface area contributed by atoms with Crippen LogP contribution in [0.3, 0.4) is 0 Å². The Balaban J connectivity index is 2.03. The van der Waals surface area contributed by atoms with E-state index >= 15 is 0 Å². The molecule has 0 aliphatic heterocycles. The molecule has 0 radical (unpaired) electrons. The summed E-state index contributed by atoms with van der Waals surface area (Å²) in [6, 6.07) is 16.8. The number of esters is 1. The maximum atomic E-state index is 13.4. The third-order valence-corrected chi connectivity index (χ3v) is 5.75. The van der Waals surface area contributed by atoms with Gasteiger partial charge in [0.1, 0.15) is 17.6 Å². The molecule has 0 saturated heterocycles. The van der Waals surface area contributed by atoms with Gasteiger partial charge in [-0.15, -0.1) is 0 Å². The molecule has 1 amide bonds. The number of carbonyl (C=O) groups is 2. The van der Waals surface area contributed by atoms with Crippen LogP contribution in [0, 0.1) is 5.41 Å². The normalized spacial score (nSPS) is 12.5. The Morgan fingerprint density at radius 3 is 2.00 bits per heavy atom. The highest BCUT2D eigenvalue weighted by atomic mass is 31.2. The zero-order chi connectivity index (χ0) is 24.3. The number of nitrogens with one attached hydrogen (secondary N) is 1. The van der Waals surface area contributed by atoms with Crippen molar-refractivity contribution in [2.45, 2.75) is 33.3 Å². The van der Waals surface area contributed by atoms with E-state index in [9.17, 15) is 19.3 Å². The number of amides is 1. The zero-order valence-electron chi connectivity index (χ0n) is 18.9. The van der Waals surface area contributed by atoms with E-state index in [0.29, 0.717) is 0 Å². The van der Waals surface area contributed by atoms with E-state index in [4.69, 9.17) is 18.3 Å². The van der Waals surface area contributed by atoms with Crippen LogP contribution in [0.25, 0.3) is 0 Å². The van der Waals surface area contributed by atoms with Gasteiger partial charge in [0.2, 0.25) is 5.91 Å². The van der Waals surface area contributed by atoms with Crippen LogP contribution in [0.2, 0.25) is 0 Å². The Bertz CT molecular complexity index is 890. The van der Waals surface area contributed by atoms with Crippen LogP contribution in [0.1, 0.15) is 27.2 Å². The lowest BCUT2D eigenvalue weighted by molar-refractivity contribution is -0.143. The van der Waals surface area contributed by atoms with E-state index < -0.39 is 31.2 Å². The summed E-state index contributed by atoms with van der Waals surface area (Å²) in [7, 11) is -4.18. The lowest BCUT2D eigenvalue weighted by atomic mass is 9.87. The predicted molar refractivity (Wildman–Crippen MR) is 122 cm³/mol. The second-order valence-corrected chi connectivity index (χ2v) is 9.28. The summed E-state index contributed by atoms with van der Waals surface area (Å²) in [6.07, 6.45) is -1.53. The van der Waals surface area contributed by atoms with Crippen LogP contribution in [0.4, 0.5) is 0 Å². The largest absolute Gasteiger partial charge is 0.587 e. The van der Waals surface area contributed by atoms with Crippen LogP contribution >= 0.6 is 7.82 Å². The van der Waals surface area contributed by atoms with Crippen molar-refractivity contribution in [3.8, 4) is 11.5 Å². The molecule has 0 unspecified atom stereocenters. The van der Waals surface area contributed by atoms with E-state index in [1.54, 1.807) is 81.4 Å². The number of phosphoric ester groups is 1. The van der Waals surface area contributed by atoms with E-state index in [-0.39, 0.29) is 37.7 Å². The number of ether oxygens (including phenoxy) is 1. The Labute approximate surface area is 193 Å². The molecular formula is C23H30NO8P. The summed E-state index contributed by atoms with van der Waals surface area (Å²) in [5.41, 5.74) is -1.16. The molecule has 2 rings (SSSR count). The fourth-order valence-corrected chi connectivity index (χ4v) is 3.98. The monoisotopic (exact) mass is 479 g/mol. The average molecular weight is 479 g/mol. The van der Waals surface area contributed by atoms with Crippen LogP contribution in [-0.4, -0.2) is 42.8 Å². The fourth-order valence-electron chi connectivity index (χ4n) is 2.59. The second kappa shape index (κ2) is 12.4. The molecule has 2 aromatic rings. The molecule has 1 atom stereocenters. The number of para-hydroxylation sites is 2. The minimum Gasteiger partial charge on any atom is -0.466 e. The molecule has 10 heteroatoms. The van der Waals surface area contributed by atoms with Crippen molar-refractivity contribution < 1.29 is 37.6 Å². The van der Waals surface area contributed by atoms with Crippen molar-refractivity contribution in [1.82, 2.24) is 5.32 Å². The van der Waals surface area contributed by atoms with Crippen LogP contribution in [0.5, 0.6) is 11.5 Å². The van der Waals surface area contributed by atoms with Crippen LogP contribution in [-0.2, 0) is 23.4 Å². The maximum absolute atomic E-state index is 13.4. The van der Waals surface area contributed by atoms with E-state index in [2.05, 4.69) is 5.32 Å². The molecular weight excluding hydrogens is 449 g/mol. The van der Waals surface area contributed by atoms with E-state index in [0.717, 1.165) is 0 Å². The summed E-state index contributed by atoms with van der Waals surface area (Å²) >= 11 is 0. The first-order chi connectivity index (χ1) is 15.6. The van der Waals surface area contributed by atoms with Gasteiger partial charge in [-0.2, -0.15) is 0 Å². The van der Waals surface area contributed by atoms with E-state index in [1.165, 1.54) is 0 Å². The second-order valence-electron chi connectivity index (χ2n) is 7.77. The van der Waals surface area contributed by atoms with Gasteiger partial charge in [0, 0.05) is 12.0 Å². The standard InChI is InChI=1S/C23H30NO8P/c1-4-29-20(25)15-16-24-22(27)21(26)23(2,3)17-30-33(28,31-18-11-7-5-8-12-18)32-19-13-9-6-10-14-19/h5-14,21,26H,4,15-17H2,1-3H3,(H,24,27)/t21-/m0/s1. The first-order valence-corrected chi connectivity index (χ1v) is 12.0. The first kappa shape index (κ1) is 26.4. The number of carbonyl (C=O) groups excluding carboxylic acids is 2. The molecule has 0 aliphatic rings. The Morgan fingerprint density at radius 2 is 1.52 bits per heavy atom. The SMILES string of the molecule is CCOC(=O)CCNC(=O)[C@H](O)C(C)(C)COP(=O)(Oc1ccccc1)Oc1ccccc1. The van der Waals surface area contributed by atoms with Gasteiger partial charge in [0.25, 0.3) is 0 Å². The molecule has 0 aromatic heterocycles. The van der Waals surface area contributed by atoms with Gasteiger partial charge in [0.15, 0.2) is 0 Å². The number of rotatable bonds is 13. The average Bonchev–Trinajstić information content (AvgIpc) is 2.79. The number of hydrogen-bond donors (Lipinski definition) is 2. The molecule has 9 nitrogen and oxygen atoms in total. The minimum atomic E-state index is -4.18. The van der Waals surface area contributed by atoms with Crippen molar-refractivity contribution in [3.63, 3.8) is 0 Å². The molecule has 2 N–H and O–H groups in total. The molecule has 0 spiro atoms. The van der Waals surface area contributed by atoms with Gasteiger partial charge < -0.3 is 24.2 Å². The molecule has 0 aliphatic carbocycles. The minimum absolute atomic E-state index is 0.0123. The fraction of sp³-hybridized carbons (Fsp3) is 0.391. The van der Waals surface area contributed by atoms with Crippen molar-refractivity contribution >= 4 is 19.7 Å². The highest BCUT2D eigenvalue weighted by Crippen LogP contribution is 2.50. The molecule has 2 aromatic carbocycles. The van der Waals surface area contributed by atoms with Crippen molar-refractivity contribution in [1.29, 1.82) is 0 Å². The maximum Gasteiger partial charge on any atom is 0.587 e. The topological polar surface area (TPSA) is 120 Å². The highest BCUT2D eigenvalue weighted by Gasteiger charge is 2.39. The molecule has 0 fully saturated rings.